The highest BCUT2D eigenvalue weighted by Crippen LogP contribution is 2.24. The molecule has 30 heavy (non-hydrogen) atoms. The van der Waals surface area contributed by atoms with E-state index in [1.165, 1.54) is 24.1 Å². The van der Waals surface area contributed by atoms with Crippen LogP contribution in [0.1, 0.15) is 44.1 Å². The third-order valence-corrected chi connectivity index (χ3v) is 5.60. The van der Waals surface area contributed by atoms with E-state index in [0.717, 1.165) is 48.9 Å². The Labute approximate surface area is 178 Å². The first-order valence-electron chi connectivity index (χ1n) is 11.1. The van der Waals surface area contributed by atoms with Crippen LogP contribution in [0.3, 0.4) is 0 Å². The van der Waals surface area contributed by atoms with Gasteiger partial charge in [-0.2, -0.15) is 0 Å². The summed E-state index contributed by atoms with van der Waals surface area (Å²) in [6.07, 6.45) is 3.37. The maximum Gasteiger partial charge on any atom is 0.191 e. The number of fused-ring (bicyclic) bond motifs is 1. The molecule has 1 aliphatic rings. The van der Waals surface area contributed by atoms with Gasteiger partial charge in [-0.05, 0) is 56.5 Å². The molecule has 6 heteroatoms. The van der Waals surface area contributed by atoms with E-state index in [1.54, 1.807) is 0 Å². The van der Waals surface area contributed by atoms with Crippen molar-refractivity contribution in [2.24, 2.45) is 4.99 Å². The van der Waals surface area contributed by atoms with Crippen LogP contribution in [0.4, 0.5) is 5.69 Å². The second kappa shape index (κ2) is 9.65. The number of imidazole rings is 1. The van der Waals surface area contributed by atoms with Crippen molar-refractivity contribution in [2.75, 3.05) is 31.1 Å². The van der Waals surface area contributed by atoms with E-state index >= 15 is 0 Å². The zero-order chi connectivity index (χ0) is 20.8. The molecule has 1 aliphatic heterocycles. The molecule has 3 N–H and O–H groups in total. The lowest BCUT2D eigenvalue weighted by atomic mass is 10.1. The molecule has 1 aromatic heterocycles. The quantitative estimate of drug-likeness (QED) is 0.411. The fourth-order valence-electron chi connectivity index (χ4n) is 3.97. The van der Waals surface area contributed by atoms with Gasteiger partial charge < -0.3 is 20.5 Å². The van der Waals surface area contributed by atoms with Gasteiger partial charge in [0.1, 0.15) is 5.82 Å². The lowest BCUT2D eigenvalue weighted by Crippen LogP contribution is -2.39. The van der Waals surface area contributed by atoms with Crippen LogP contribution in [-0.4, -0.2) is 42.1 Å². The molecule has 0 bridgehead atoms. The summed E-state index contributed by atoms with van der Waals surface area (Å²) in [5.74, 6) is 1.81. The molecule has 1 atom stereocenters. The van der Waals surface area contributed by atoms with E-state index in [9.17, 15) is 0 Å². The second-order valence-corrected chi connectivity index (χ2v) is 7.87. The molecule has 4 rings (SSSR count). The van der Waals surface area contributed by atoms with Crippen molar-refractivity contribution >= 4 is 22.7 Å². The van der Waals surface area contributed by atoms with Gasteiger partial charge in [-0.3, -0.25) is 4.99 Å². The van der Waals surface area contributed by atoms with Crippen LogP contribution < -0.4 is 15.5 Å². The van der Waals surface area contributed by atoms with E-state index in [4.69, 9.17) is 4.99 Å². The number of benzene rings is 2. The summed E-state index contributed by atoms with van der Waals surface area (Å²) in [5.41, 5.74) is 4.69. The van der Waals surface area contributed by atoms with Crippen LogP contribution in [0, 0.1) is 0 Å². The Bertz CT molecular complexity index is 953. The van der Waals surface area contributed by atoms with Gasteiger partial charge in [0.2, 0.25) is 0 Å². The van der Waals surface area contributed by atoms with E-state index in [-0.39, 0.29) is 6.04 Å². The third kappa shape index (κ3) is 4.93. The average molecular weight is 405 g/mol. The highest BCUT2D eigenvalue weighted by molar-refractivity contribution is 5.80. The molecule has 0 radical (unpaired) electrons. The zero-order valence-electron chi connectivity index (χ0n) is 18.0. The maximum absolute atomic E-state index is 4.77. The van der Waals surface area contributed by atoms with Gasteiger partial charge >= 0.3 is 0 Å². The minimum absolute atomic E-state index is 0.177. The van der Waals surface area contributed by atoms with Gasteiger partial charge in [0.05, 0.1) is 17.1 Å². The van der Waals surface area contributed by atoms with Crippen molar-refractivity contribution < 1.29 is 0 Å². The van der Waals surface area contributed by atoms with E-state index in [0.29, 0.717) is 6.54 Å². The molecule has 1 fully saturated rings. The zero-order valence-corrected chi connectivity index (χ0v) is 18.0. The molecular formula is C24H32N6. The summed E-state index contributed by atoms with van der Waals surface area (Å²) >= 11 is 0. The molecule has 0 amide bonds. The molecule has 6 nitrogen and oxygen atoms in total. The molecule has 3 aromatic rings. The highest BCUT2D eigenvalue weighted by Gasteiger charge is 2.14. The number of H-pyrrole nitrogens is 1. The van der Waals surface area contributed by atoms with Crippen molar-refractivity contribution in [1.29, 1.82) is 0 Å². The Hall–Kier alpha value is -3.02. The largest absolute Gasteiger partial charge is 0.372 e. The molecule has 1 saturated heterocycles. The number of hydrogen-bond acceptors (Lipinski definition) is 3. The van der Waals surface area contributed by atoms with Gasteiger partial charge in [-0.25, -0.2) is 4.98 Å². The Morgan fingerprint density at radius 2 is 2.00 bits per heavy atom. The number of para-hydroxylation sites is 2. The molecular weight excluding hydrogens is 372 g/mol. The van der Waals surface area contributed by atoms with Crippen LogP contribution in [-0.2, 0) is 6.42 Å². The number of rotatable bonds is 7. The number of aliphatic imine (C=N–C) groups is 1. The number of anilines is 1. The van der Waals surface area contributed by atoms with Gasteiger partial charge in [0.25, 0.3) is 0 Å². The molecule has 1 unspecified atom stereocenters. The lowest BCUT2D eigenvalue weighted by molar-refractivity contribution is 0.685. The summed E-state index contributed by atoms with van der Waals surface area (Å²) in [5, 5.41) is 6.92. The summed E-state index contributed by atoms with van der Waals surface area (Å²) in [6.45, 7) is 8.12. The Morgan fingerprint density at radius 1 is 1.17 bits per heavy atom. The van der Waals surface area contributed by atoms with Crippen molar-refractivity contribution in [3.63, 3.8) is 0 Å². The molecule has 158 valence electrons. The van der Waals surface area contributed by atoms with Crippen molar-refractivity contribution in [2.45, 2.75) is 39.2 Å². The number of nitrogens with zero attached hydrogens (tertiary/aromatic N) is 3. The normalized spacial score (nSPS) is 15.5. The summed E-state index contributed by atoms with van der Waals surface area (Å²) in [4.78, 5) is 15.3. The minimum Gasteiger partial charge on any atom is -0.372 e. The highest BCUT2D eigenvalue weighted by atomic mass is 15.2. The first kappa shape index (κ1) is 20.3. The molecule has 0 spiro atoms. The molecule has 2 heterocycles. The lowest BCUT2D eigenvalue weighted by Gasteiger charge is -2.22. The number of aromatic amines is 1. The SMILES string of the molecule is CCNC(=NCCc1nc2ccccc2[nH]1)NC(C)c1cccc(N2CCCC2)c1. The van der Waals surface area contributed by atoms with Crippen LogP contribution in [0.2, 0.25) is 0 Å². The number of guanidine groups is 1. The second-order valence-electron chi connectivity index (χ2n) is 7.87. The van der Waals surface area contributed by atoms with Crippen LogP contribution in [0.25, 0.3) is 11.0 Å². The molecule has 0 aliphatic carbocycles. The van der Waals surface area contributed by atoms with Gasteiger partial charge in [0, 0.05) is 38.3 Å². The Balaban J connectivity index is 1.39. The minimum atomic E-state index is 0.177. The fourth-order valence-corrected chi connectivity index (χ4v) is 3.97. The van der Waals surface area contributed by atoms with Crippen LogP contribution in [0.5, 0.6) is 0 Å². The molecule has 0 saturated carbocycles. The first-order valence-corrected chi connectivity index (χ1v) is 11.1. The number of hydrogen-bond donors (Lipinski definition) is 3. The maximum atomic E-state index is 4.77. The predicted octanol–water partition coefficient (Wildman–Crippen LogP) is 4.02. The number of nitrogens with one attached hydrogen (secondary N) is 3. The van der Waals surface area contributed by atoms with E-state index in [1.807, 2.05) is 18.2 Å². The smallest absolute Gasteiger partial charge is 0.191 e. The van der Waals surface area contributed by atoms with Gasteiger partial charge in [0.15, 0.2) is 5.96 Å². The van der Waals surface area contributed by atoms with Crippen LogP contribution >= 0.6 is 0 Å². The summed E-state index contributed by atoms with van der Waals surface area (Å²) in [6, 6.07) is 17.2. The van der Waals surface area contributed by atoms with Crippen molar-refractivity contribution in [3.05, 3.63) is 59.9 Å². The van der Waals surface area contributed by atoms with E-state index in [2.05, 4.69) is 69.7 Å². The predicted molar refractivity (Wildman–Crippen MR) is 125 cm³/mol. The molecule has 2 aromatic carbocycles. The summed E-state index contributed by atoms with van der Waals surface area (Å²) in [7, 11) is 0. The fraction of sp³-hybridized carbons (Fsp3) is 0.417. The van der Waals surface area contributed by atoms with Gasteiger partial charge in [-0.1, -0.05) is 24.3 Å². The first-order chi connectivity index (χ1) is 14.7. The topological polar surface area (TPSA) is 68.3 Å². The van der Waals surface area contributed by atoms with Crippen molar-refractivity contribution in [1.82, 2.24) is 20.6 Å². The third-order valence-electron chi connectivity index (χ3n) is 5.60. The van der Waals surface area contributed by atoms with Gasteiger partial charge in [-0.15, -0.1) is 0 Å². The van der Waals surface area contributed by atoms with Crippen LogP contribution in [0.15, 0.2) is 53.5 Å². The standard InChI is InChI=1S/C24H32N6/c1-3-25-24(26-14-13-23-28-21-11-4-5-12-22(21)29-23)27-18(2)19-9-8-10-20(17-19)30-15-6-7-16-30/h4-5,8-12,17-18H,3,6-7,13-16H2,1-2H3,(H,28,29)(H2,25,26,27). The van der Waals surface area contributed by atoms with E-state index < -0.39 is 0 Å². The Morgan fingerprint density at radius 3 is 2.80 bits per heavy atom. The monoisotopic (exact) mass is 404 g/mol. The number of aromatic nitrogens is 2. The Kier molecular flexibility index (Phi) is 6.52. The summed E-state index contributed by atoms with van der Waals surface area (Å²) < 4.78 is 0. The average Bonchev–Trinajstić information content (AvgIpc) is 3.43. The van der Waals surface area contributed by atoms with Crippen molar-refractivity contribution in [3.8, 4) is 0 Å².